The molecule has 0 radical (unpaired) electrons. The lowest BCUT2D eigenvalue weighted by molar-refractivity contribution is -0.120. The van der Waals surface area contributed by atoms with E-state index in [1.165, 1.54) is 0 Å². The largest absolute Gasteiger partial charge is 0.497 e. The molecule has 0 aliphatic heterocycles. The van der Waals surface area contributed by atoms with Crippen LogP contribution in [0.1, 0.15) is 36.2 Å². The number of amides is 1. The van der Waals surface area contributed by atoms with Gasteiger partial charge in [-0.1, -0.05) is 36.4 Å². The minimum absolute atomic E-state index is 0.0645. The summed E-state index contributed by atoms with van der Waals surface area (Å²) in [5.41, 5.74) is 4.40. The zero-order valence-electron chi connectivity index (χ0n) is 21.2. The fraction of sp³-hybridized carbons (Fsp3) is 0.333. The van der Waals surface area contributed by atoms with Crippen LogP contribution in [0.3, 0.4) is 0 Å². The number of nitrogens with zero attached hydrogens (tertiary/aromatic N) is 2. The van der Waals surface area contributed by atoms with Crippen molar-refractivity contribution in [3.8, 4) is 11.5 Å². The van der Waals surface area contributed by atoms with Crippen LogP contribution < -0.4 is 14.8 Å². The summed E-state index contributed by atoms with van der Waals surface area (Å²) >= 11 is 0. The number of carbonyl (C=O) groups is 1. The van der Waals surface area contributed by atoms with Crippen molar-refractivity contribution < 1.29 is 14.3 Å². The lowest BCUT2D eigenvalue weighted by Crippen LogP contribution is -2.26. The number of benzene rings is 3. The second-order valence-electron chi connectivity index (χ2n) is 8.96. The number of hydrogen-bond donors (Lipinski definition) is 1. The molecule has 0 bridgehead atoms. The van der Waals surface area contributed by atoms with E-state index >= 15 is 0 Å². The van der Waals surface area contributed by atoms with E-state index in [1.54, 1.807) is 7.11 Å². The van der Waals surface area contributed by atoms with E-state index < -0.39 is 0 Å². The number of imidazole rings is 1. The molecule has 4 rings (SSSR count). The summed E-state index contributed by atoms with van der Waals surface area (Å²) in [4.78, 5) is 17.2. The standard InChI is InChI=1S/C30H35N3O3/c1-23-10-3-4-11-24(23)22-30(34)31-19-9-14-29-32-27-12-5-6-13-28(27)33(29)20-7-8-21-36-26-17-15-25(35-2)16-18-26/h3-6,10-13,15-18H,7-9,14,19-22H2,1-2H3,(H,31,34). The summed E-state index contributed by atoms with van der Waals surface area (Å²) < 4.78 is 13.4. The number of rotatable bonds is 13. The molecular weight excluding hydrogens is 450 g/mol. The smallest absolute Gasteiger partial charge is 0.224 e. The van der Waals surface area contributed by atoms with Crippen molar-refractivity contribution in [3.63, 3.8) is 0 Å². The first kappa shape index (κ1) is 25.3. The third kappa shape index (κ3) is 6.87. The number of carbonyl (C=O) groups excluding carboxylic acids is 1. The van der Waals surface area contributed by atoms with Crippen LogP contribution in [0, 0.1) is 6.92 Å². The van der Waals surface area contributed by atoms with Crippen molar-refractivity contribution in [2.45, 2.75) is 45.6 Å². The van der Waals surface area contributed by atoms with E-state index in [0.717, 1.165) is 71.7 Å². The van der Waals surface area contributed by atoms with Gasteiger partial charge in [0.1, 0.15) is 17.3 Å². The van der Waals surface area contributed by atoms with E-state index in [0.29, 0.717) is 19.6 Å². The molecule has 1 amide bonds. The number of fused-ring (bicyclic) bond motifs is 1. The van der Waals surface area contributed by atoms with E-state index in [1.807, 2.05) is 61.5 Å². The highest BCUT2D eigenvalue weighted by Crippen LogP contribution is 2.19. The summed E-state index contributed by atoms with van der Waals surface area (Å²) in [5.74, 6) is 2.82. The monoisotopic (exact) mass is 485 g/mol. The Bertz CT molecular complexity index is 1260. The number of nitrogens with one attached hydrogen (secondary N) is 1. The molecule has 6 nitrogen and oxygen atoms in total. The van der Waals surface area contributed by atoms with Crippen LogP contribution in [0.5, 0.6) is 11.5 Å². The Kier molecular flexibility index (Phi) is 8.98. The van der Waals surface area contributed by atoms with Gasteiger partial charge in [-0.2, -0.15) is 0 Å². The lowest BCUT2D eigenvalue weighted by atomic mass is 10.1. The molecule has 0 aliphatic rings. The van der Waals surface area contributed by atoms with E-state index in [2.05, 4.69) is 28.1 Å². The predicted molar refractivity (Wildman–Crippen MR) is 144 cm³/mol. The molecule has 1 aromatic heterocycles. The second kappa shape index (κ2) is 12.8. The van der Waals surface area contributed by atoms with Crippen LogP contribution in [0.4, 0.5) is 0 Å². The van der Waals surface area contributed by atoms with Crippen molar-refractivity contribution in [2.24, 2.45) is 0 Å². The molecule has 6 heteroatoms. The van der Waals surface area contributed by atoms with E-state index in [9.17, 15) is 4.79 Å². The molecule has 0 saturated carbocycles. The van der Waals surface area contributed by atoms with Gasteiger partial charge in [0, 0.05) is 19.5 Å². The summed E-state index contributed by atoms with van der Waals surface area (Å²) in [7, 11) is 1.66. The highest BCUT2D eigenvalue weighted by Gasteiger charge is 2.11. The minimum atomic E-state index is 0.0645. The lowest BCUT2D eigenvalue weighted by Gasteiger charge is -2.11. The number of aryl methyl sites for hydroxylation is 3. The van der Waals surface area contributed by atoms with E-state index in [-0.39, 0.29) is 5.91 Å². The average Bonchev–Trinajstić information content (AvgIpc) is 3.25. The topological polar surface area (TPSA) is 65.4 Å². The van der Waals surface area contributed by atoms with Crippen molar-refractivity contribution in [1.82, 2.24) is 14.9 Å². The van der Waals surface area contributed by atoms with Crippen molar-refractivity contribution in [2.75, 3.05) is 20.3 Å². The first-order chi connectivity index (χ1) is 17.6. The molecule has 0 saturated heterocycles. The number of hydrogen-bond acceptors (Lipinski definition) is 4. The first-order valence-electron chi connectivity index (χ1n) is 12.7. The number of para-hydroxylation sites is 2. The van der Waals surface area contributed by atoms with Crippen molar-refractivity contribution >= 4 is 16.9 Å². The molecule has 36 heavy (non-hydrogen) atoms. The van der Waals surface area contributed by atoms with Crippen LogP contribution in [-0.2, 0) is 24.2 Å². The Balaban J connectivity index is 1.25. The molecule has 188 valence electrons. The minimum Gasteiger partial charge on any atom is -0.497 e. The maximum Gasteiger partial charge on any atom is 0.224 e. The van der Waals surface area contributed by atoms with Crippen LogP contribution in [-0.4, -0.2) is 35.7 Å². The summed E-state index contributed by atoms with van der Waals surface area (Å²) in [6.45, 7) is 4.24. The molecule has 0 aliphatic carbocycles. The van der Waals surface area contributed by atoms with Gasteiger partial charge >= 0.3 is 0 Å². The maximum absolute atomic E-state index is 12.4. The normalized spacial score (nSPS) is 10.9. The zero-order chi connectivity index (χ0) is 25.2. The van der Waals surface area contributed by atoms with Crippen molar-refractivity contribution in [3.05, 3.63) is 89.7 Å². The first-order valence-corrected chi connectivity index (χ1v) is 12.7. The number of ether oxygens (including phenoxy) is 2. The van der Waals surface area contributed by atoms with E-state index in [4.69, 9.17) is 14.5 Å². The Hall–Kier alpha value is -3.80. The zero-order valence-corrected chi connectivity index (χ0v) is 21.2. The molecule has 1 N–H and O–H groups in total. The van der Waals surface area contributed by atoms with Gasteiger partial charge in [-0.15, -0.1) is 0 Å². The predicted octanol–water partition coefficient (Wildman–Crippen LogP) is 5.50. The van der Waals surface area contributed by atoms with Gasteiger partial charge < -0.3 is 19.4 Å². The van der Waals surface area contributed by atoms with Gasteiger partial charge in [-0.25, -0.2) is 4.98 Å². The molecule has 1 heterocycles. The molecule has 0 unspecified atom stereocenters. The summed E-state index contributed by atoms with van der Waals surface area (Å²) in [5, 5.41) is 3.06. The average molecular weight is 486 g/mol. The Morgan fingerprint density at radius 3 is 2.47 bits per heavy atom. The number of unbranched alkanes of at least 4 members (excludes halogenated alkanes) is 1. The van der Waals surface area contributed by atoms with Crippen molar-refractivity contribution in [1.29, 1.82) is 0 Å². The molecule has 0 fully saturated rings. The SMILES string of the molecule is COc1ccc(OCCCCn2c(CCCNC(=O)Cc3ccccc3C)nc3ccccc32)cc1. The van der Waals surface area contributed by atoms with Crippen LogP contribution in [0.15, 0.2) is 72.8 Å². The highest BCUT2D eigenvalue weighted by atomic mass is 16.5. The van der Waals surface area contributed by atoms with Gasteiger partial charge in [0.05, 0.1) is 31.2 Å². The Morgan fingerprint density at radius 1 is 0.917 bits per heavy atom. The molecular formula is C30H35N3O3. The summed E-state index contributed by atoms with van der Waals surface area (Å²) in [6, 6.07) is 24.0. The highest BCUT2D eigenvalue weighted by molar-refractivity contribution is 5.79. The fourth-order valence-electron chi connectivity index (χ4n) is 4.32. The van der Waals surface area contributed by atoms with Crippen LogP contribution >= 0.6 is 0 Å². The third-order valence-corrected chi connectivity index (χ3v) is 6.35. The van der Waals surface area contributed by atoms with Crippen LogP contribution in [0.25, 0.3) is 11.0 Å². The molecule has 0 atom stereocenters. The van der Waals surface area contributed by atoms with Gasteiger partial charge in [0.15, 0.2) is 0 Å². The summed E-state index contributed by atoms with van der Waals surface area (Å²) in [6.07, 6.45) is 4.04. The molecule has 0 spiro atoms. The quantitative estimate of drug-likeness (QED) is 0.254. The Labute approximate surface area is 213 Å². The van der Waals surface area contributed by atoms with Crippen LogP contribution in [0.2, 0.25) is 0 Å². The second-order valence-corrected chi connectivity index (χ2v) is 8.96. The molecule has 4 aromatic rings. The molecule has 3 aromatic carbocycles. The number of methoxy groups -OCH3 is 1. The van der Waals surface area contributed by atoms with Gasteiger partial charge in [-0.3, -0.25) is 4.79 Å². The van der Waals surface area contributed by atoms with Gasteiger partial charge in [0.25, 0.3) is 0 Å². The maximum atomic E-state index is 12.4. The fourth-order valence-corrected chi connectivity index (χ4v) is 4.32. The third-order valence-electron chi connectivity index (χ3n) is 6.35. The Morgan fingerprint density at radius 2 is 1.67 bits per heavy atom. The number of aromatic nitrogens is 2. The van der Waals surface area contributed by atoms with Gasteiger partial charge in [-0.05, 0) is 73.7 Å². The van der Waals surface area contributed by atoms with Gasteiger partial charge in [0.2, 0.25) is 5.91 Å².